The van der Waals surface area contributed by atoms with Gasteiger partial charge in [-0.3, -0.25) is 4.90 Å². The number of unbranched alkanes of at least 4 members (excludes halogenated alkanes) is 1. The van der Waals surface area contributed by atoms with Crippen LogP contribution in [0.1, 0.15) is 52.9 Å². The van der Waals surface area contributed by atoms with E-state index in [-0.39, 0.29) is 0 Å². The smallest absolute Gasteiger partial charge is 0.0195 e. The molecule has 15 heavy (non-hydrogen) atoms. The number of nitrogens with one attached hydrogen (secondary N) is 1. The Morgan fingerprint density at radius 2 is 2.20 bits per heavy atom. The van der Waals surface area contributed by atoms with Gasteiger partial charge in [0.2, 0.25) is 0 Å². The zero-order chi connectivity index (χ0) is 11.1. The lowest BCUT2D eigenvalue weighted by Gasteiger charge is -2.30. The van der Waals surface area contributed by atoms with Crippen molar-refractivity contribution >= 4 is 0 Å². The first-order chi connectivity index (χ1) is 7.27. The average Bonchev–Trinajstić information content (AvgIpc) is 2.75. The van der Waals surface area contributed by atoms with Crippen molar-refractivity contribution in [2.75, 3.05) is 19.6 Å². The maximum absolute atomic E-state index is 3.60. The Morgan fingerprint density at radius 1 is 1.40 bits per heavy atom. The van der Waals surface area contributed by atoms with E-state index in [2.05, 4.69) is 31.0 Å². The minimum absolute atomic E-state index is 0.749. The zero-order valence-electron chi connectivity index (χ0n) is 10.8. The van der Waals surface area contributed by atoms with Gasteiger partial charge in [-0.2, -0.15) is 0 Å². The van der Waals surface area contributed by atoms with Crippen LogP contribution < -0.4 is 5.32 Å². The molecule has 1 aliphatic heterocycles. The molecular weight excluding hydrogens is 184 g/mol. The van der Waals surface area contributed by atoms with Crippen LogP contribution in [0.2, 0.25) is 0 Å². The van der Waals surface area contributed by atoms with Gasteiger partial charge in [0, 0.05) is 18.6 Å². The van der Waals surface area contributed by atoms with E-state index in [0.717, 1.165) is 12.1 Å². The third kappa shape index (κ3) is 4.52. The summed E-state index contributed by atoms with van der Waals surface area (Å²) >= 11 is 0. The summed E-state index contributed by atoms with van der Waals surface area (Å²) in [7, 11) is 0. The Hall–Kier alpha value is -0.0800. The van der Waals surface area contributed by atoms with Crippen LogP contribution >= 0.6 is 0 Å². The molecule has 2 heteroatoms. The lowest BCUT2D eigenvalue weighted by Crippen LogP contribution is -2.42. The molecule has 0 aliphatic carbocycles. The highest BCUT2D eigenvalue weighted by Crippen LogP contribution is 2.11. The summed E-state index contributed by atoms with van der Waals surface area (Å²) in [6.07, 6.45) is 6.67. The Balaban J connectivity index is 2.32. The van der Waals surface area contributed by atoms with Crippen LogP contribution in [0.5, 0.6) is 0 Å². The van der Waals surface area contributed by atoms with Crippen molar-refractivity contribution in [1.82, 2.24) is 10.2 Å². The first-order valence-corrected chi connectivity index (χ1v) is 6.75. The Labute approximate surface area is 95.4 Å². The van der Waals surface area contributed by atoms with Gasteiger partial charge >= 0.3 is 0 Å². The first-order valence-electron chi connectivity index (χ1n) is 6.75. The molecule has 90 valence electrons. The van der Waals surface area contributed by atoms with Crippen LogP contribution in [0.3, 0.4) is 0 Å². The molecule has 0 saturated carbocycles. The molecule has 1 fully saturated rings. The molecule has 0 spiro atoms. The number of rotatable bonds is 7. The van der Waals surface area contributed by atoms with Crippen molar-refractivity contribution in [3.63, 3.8) is 0 Å². The van der Waals surface area contributed by atoms with Gasteiger partial charge in [0.25, 0.3) is 0 Å². The lowest BCUT2D eigenvalue weighted by atomic mass is 10.1. The molecule has 1 aliphatic rings. The molecule has 0 bridgehead atoms. The predicted octanol–water partition coefficient (Wildman–Crippen LogP) is 2.64. The number of hydrogen-bond acceptors (Lipinski definition) is 2. The molecule has 0 aromatic rings. The second-order valence-electron chi connectivity index (χ2n) is 4.90. The number of hydrogen-bond donors (Lipinski definition) is 1. The standard InChI is InChI=1S/C13H28N2/c1-4-6-10-15(12(3)5-2)11-13-8-7-9-14-13/h12-14H,4-11H2,1-3H3. The summed E-state index contributed by atoms with van der Waals surface area (Å²) in [5, 5.41) is 3.60. The monoisotopic (exact) mass is 212 g/mol. The molecule has 1 saturated heterocycles. The average molecular weight is 212 g/mol. The molecule has 2 unspecified atom stereocenters. The molecular formula is C13H28N2. The second-order valence-corrected chi connectivity index (χ2v) is 4.90. The van der Waals surface area contributed by atoms with Crippen LogP contribution in [-0.2, 0) is 0 Å². The minimum atomic E-state index is 0.749. The van der Waals surface area contributed by atoms with Crippen molar-refractivity contribution in [3.05, 3.63) is 0 Å². The Bertz CT molecular complexity index is 153. The summed E-state index contributed by atoms with van der Waals surface area (Å²) in [4.78, 5) is 2.67. The third-order valence-corrected chi connectivity index (χ3v) is 3.63. The van der Waals surface area contributed by atoms with Crippen LogP contribution in [0.15, 0.2) is 0 Å². The Kier molecular flexibility index (Phi) is 6.26. The van der Waals surface area contributed by atoms with E-state index >= 15 is 0 Å². The fraction of sp³-hybridized carbons (Fsp3) is 1.00. The highest BCUT2D eigenvalue weighted by Gasteiger charge is 2.19. The lowest BCUT2D eigenvalue weighted by molar-refractivity contribution is 0.184. The molecule has 0 aromatic heterocycles. The summed E-state index contributed by atoms with van der Waals surface area (Å²) in [6.45, 7) is 10.7. The van der Waals surface area contributed by atoms with Gasteiger partial charge in [0.15, 0.2) is 0 Å². The predicted molar refractivity (Wildman–Crippen MR) is 67.3 cm³/mol. The number of nitrogens with zero attached hydrogens (tertiary/aromatic N) is 1. The van der Waals surface area contributed by atoms with Gasteiger partial charge in [-0.1, -0.05) is 20.3 Å². The van der Waals surface area contributed by atoms with E-state index in [0.29, 0.717) is 0 Å². The van der Waals surface area contributed by atoms with Crippen LogP contribution in [-0.4, -0.2) is 36.6 Å². The van der Waals surface area contributed by atoms with E-state index in [1.54, 1.807) is 0 Å². The highest BCUT2D eigenvalue weighted by molar-refractivity contribution is 4.79. The van der Waals surface area contributed by atoms with E-state index in [1.165, 1.54) is 51.7 Å². The van der Waals surface area contributed by atoms with Gasteiger partial charge < -0.3 is 5.32 Å². The van der Waals surface area contributed by atoms with E-state index < -0.39 is 0 Å². The van der Waals surface area contributed by atoms with Gasteiger partial charge in [0.1, 0.15) is 0 Å². The molecule has 1 heterocycles. The summed E-state index contributed by atoms with van der Waals surface area (Å²) in [5.74, 6) is 0. The summed E-state index contributed by atoms with van der Waals surface area (Å²) in [5.41, 5.74) is 0. The minimum Gasteiger partial charge on any atom is -0.313 e. The maximum Gasteiger partial charge on any atom is 0.0195 e. The summed E-state index contributed by atoms with van der Waals surface area (Å²) < 4.78 is 0. The van der Waals surface area contributed by atoms with Crippen molar-refractivity contribution in [3.8, 4) is 0 Å². The maximum atomic E-state index is 3.60. The van der Waals surface area contributed by atoms with Crippen molar-refractivity contribution in [1.29, 1.82) is 0 Å². The molecule has 0 amide bonds. The van der Waals surface area contributed by atoms with Gasteiger partial charge in [0.05, 0.1) is 0 Å². The van der Waals surface area contributed by atoms with Crippen LogP contribution in [0.4, 0.5) is 0 Å². The molecule has 0 aromatic carbocycles. The quantitative estimate of drug-likeness (QED) is 0.698. The second kappa shape index (κ2) is 7.24. The fourth-order valence-electron chi connectivity index (χ4n) is 2.31. The van der Waals surface area contributed by atoms with Crippen molar-refractivity contribution < 1.29 is 0 Å². The van der Waals surface area contributed by atoms with E-state index in [9.17, 15) is 0 Å². The van der Waals surface area contributed by atoms with Crippen molar-refractivity contribution in [2.24, 2.45) is 0 Å². The zero-order valence-corrected chi connectivity index (χ0v) is 10.8. The summed E-state index contributed by atoms with van der Waals surface area (Å²) in [6, 6.07) is 1.51. The molecule has 2 nitrogen and oxygen atoms in total. The SMILES string of the molecule is CCCCN(CC1CCCN1)C(C)CC. The third-order valence-electron chi connectivity index (χ3n) is 3.63. The van der Waals surface area contributed by atoms with Crippen molar-refractivity contribution in [2.45, 2.75) is 65.0 Å². The molecule has 1 N–H and O–H groups in total. The highest BCUT2D eigenvalue weighted by atomic mass is 15.2. The molecule has 0 radical (unpaired) electrons. The molecule has 2 atom stereocenters. The first kappa shape index (κ1) is 13.0. The Morgan fingerprint density at radius 3 is 2.73 bits per heavy atom. The van der Waals surface area contributed by atoms with E-state index in [4.69, 9.17) is 0 Å². The van der Waals surface area contributed by atoms with Gasteiger partial charge in [-0.25, -0.2) is 0 Å². The van der Waals surface area contributed by atoms with Crippen LogP contribution in [0.25, 0.3) is 0 Å². The topological polar surface area (TPSA) is 15.3 Å². The van der Waals surface area contributed by atoms with E-state index in [1.807, 2.05) is 0 Å². The normalized spacial score (nSPS) is 23.6. The fourth-order valence-corrected chi connectivity index (χ4v) is 2.31. The van der Waals surface area contributed by atoms with Gasteiger partial charge in [-0.05, 0) is 45.7 Å². The largest absolute Gasteiger partial charge is 0.313 e. The van der Waals surface area contributed by atoms with Crippen LogP contribution in [0, 0.1) is 0 Å². The van der Waals surface area contributed by atoms with Gasteiger partial charge in [-0.15, -0.1) is 0 Å². The molecule has 1 rings (SSSR count).